The van der Waals surface area contributed by atoms with Gasteiger partial charge in [0.15, 0.2) is 0 Å². The molecule has 2 aliphatic carbocycles. The van der Waals surface area contributed by atoms with Gasteiger partial charge in [0, 0.05) is 23.6 Å². The van der Waals surface area contributed by atoms with E-state index >= 15 is 0 Å². The third-order valence-corrected chi connectivity index (χ3v) is 4.16. The first-order valence-corrected chi connectivity index (χ1v) is 8.52. The second-order valence-electron chi connectivity index (χ2n) is 5.97. The Labute approximate surface area is 168 Å². The van der Waals surface area contributed by atoms with Gasteiger partial charge in [-0.2, -0.15) is 0 Å². The number of benzene rings is 1. The molecule has 0 atom stereocenters. The standard InChI is InChI=1S/C15H12N.C8H9O.Fe/c1-11-10-13-8-4-5-9-14(13)16-15(11)12-6-2-3-7-12;1-2-8(9)7-5-3-4-6-7;/h2-10H,1H3;3-6H,2H2,1H3;/q;;+2. The monoisotopic (exact) mass is 383 g/mol. The van der Waals surface area contributed by atoms with Crippen LogP contribution in [-0.4, -0.2) is 10.8 Å². The maximum absolute atomic E-state index is 10.9. The van der Waals surface area contributed by atoms with Gasteiger partial charge in [0.2, 0.25) is 0 Å². The van der Waals surface area contributed by atoms with Crippen LogP contribution in [0.25, 0.3) is 10.9 Å². The Morgan fingerprint density at radius 3 is 2.23 bits per heavy atom. The van der Waals surface area contributed by atoms with Crippen LogP contribution in [0, 0.1) is 70.1 Å². The molecule has 2 aliphatic rings. The molecule has 4 rings (SSSR count). The number of aryl methyl sites for hydroxylation is 1. The molecule has 2 aromatic rings. The summed E-state index contributed by atoms with van der Waals surface area (Å²) in [7, 11) is 0. The molecule has 130 valence electrons. The Hall–Kier alpha value is -1.18. The normalized spacial score (nSPS) is 17.6. The molecule has 2 saturated carbocycles. The van der Waals surface area contributed by atoms with Crippen molar-refractivity contribution in [2.24, 2.45) is 0 Å². The maximum Gasteiger partial charge on any atom is 2.00 e. The van der Waals surface area contributed by atoms with Crippen LogP contribution in [0.2, 0.25) is 0 Å². The summed E-state index contributed by atoms with van der Waals surface area (Å²) in [6, 6.07) is 10.4. The van der Waals surface area contributed by atoms with Crippen molar-refractivity contribution in [3.8, 4) is 0 Å². The average Bonchev–Trinajstić information content (AvgIpc) is 3.34. The number of aromatic nitrogens is 1. The molecule has 0 N–H and O–H groups in total. The number of hydrogen-bond acceptors (Lipinski definition) is 2. The molecule has 2 nitrogen and oxygen atoms in total. The number of ketones is 1. The van der Waals surface area contributed by atoms with E-state index in [2.05, 4.69) is 38.0 Å². The maximum atomic E-state index is 10.9. The number of rotatable bonds is 3. The molecule has 0 aliphatic heterocycles. The van der Waals surface area contributed by atoms with Crippen molar-refractivity contribution in [3.05, 3.63) is 105 Å². The second kappa shape index (κ2) is 10.2. The van der Waals surface area contributed by atoms with Crippen LogP contribution in [0.1, 0.15) is 24.6 Å². The molecular formula is C23H21FeNO+2. The molecule has 0 amide bonds. The van der Waals surface area contributed by atoms with E-state index in [1.165, 1.54) is 16.9 Å². The summed E-state index contributed by atoms with van der Waals surface area (Å²) in [4.78, 5) is 15.6. The van der Waals surface area contributed by atoms with Gasteiger partial charge in [-0.3, -0.25) is 9.78 Å². The zero-order valence-corrected chi connectivity index (χ0v) is 16.0. The number of carbonyl (C=O) groups is 1. The number of nitrogens with zero attached hydrogens (tertiary/aromatic N) is 1. The van der Waals surface area contributed by atoms with Crippen molar-refractivity contribution in [3.63, 3.8) is 0 Å². The summed E-state index contributed by atoms with van der Waals surface area (Å²) in [5.74, 6) is 2.25. The van der Waals surface area contributed by atoms with E-state index in [1.54, 1.807) is 0 Å². The van der Waals surface area contributed by atoms with Crippen LogP contribution in [0.5, 0.6) is 0 Å². The van der Waals surface area contributed by atoms with Crippen LogP contribution in [-0.2, 0) is 21.9 Å². The Balaban J connectivity index is 0.000000210. The molecule has 0 unspecified atom stereocenters. The van der Waals surface area contributed by atoms with E-state index in [1.807, 2.05) is 57.6 Å². The van der Waals surface area contributed by atoms with Crippen molar-refractivity contribution >= 4 is 16.7 Å². The summed E-state index contributed by atoms with van der Waals surface area (Å²) in [6.45, 7) is 3.98. The first-order valence-electron chi connectivity index (χ1n) is 8.52. The number of pyridine rings is 1. The predicted molar refractivity (Wildman–Crippen MR) is 102 cm³/mol. The van der Waals surface area contributed by atoms with Crippen molar-refractivity contribution in [1.82, 2.24) is 4.98 Å². The Kier molecular flexibility index (Phi) is 8.31. The second-order valence-corrected chi connectivity index (χ2v) is 5.97. The third kappa shape index (κ3) is 5.17. The minimum absolute atomic E-state index is 0. The summed E-state index contributed by atoms with van der Waals surface area (Å²) in [5, 5.41) is 1.20. The van der Waals surface area contributed by atoms with E-state index in [-0.39, 0.29) is 22.9 Å². The molecule has 2 fully saturated rings. The van der Waals surface area contributed by atoms with E-state index < -0.39 is 0 Å². The zero-order chi connectivity index (χ0) is 17.6. The van der Waals surface area contributed by atoms with E-state index in [0.717, 1.165) is 17.1 Å². The Bertz CT molecular complexity index is 715. The molecule has 1 aromatic carbocycles. The molecule has 0 spiro atoms. The molecule has 10 radical (unpaired) electrons. The topological polar surface area (TPSA) is 30.0 Å². The van der Waals surface area contributed by atoms with E-state index in [9.17, 15) is 4.79 Å². The first-order chi connectivity index (χ1) is 12.2. The molecule has 3 heteroatoms. The molecule has 0 saturated heterocycles. The van der Waals surface area contributed by atoms with Crippen LogP contribution in [0.15, 0.2) is 30.3 Å². The van der Waals surface area contributed by atoms with Gasteiger partial charge >= 0.3 is 17.1 Å². The van der Waals surface area contributed by atoms with Gasteiger partial charge in [-0.05, 0) is 76.0 Å². The van der Waals surface area contributed by atoms with Gasteiger partial charge in [0.25, 0.3) is 0 Å². The van der Waals surface area contributed by atoms with Crippen LogP contribution >= 0.6 is 0 Å². The van der Waals surface area contributed by atoms with Crippen molar-refractivity contribution in [2.45, 2.75) is 20.3 Å². The van der Waals surface area contributed by atoms with Gasteiger partial charge in [0.05, 0.1) is 11.2 Å². The number of fused-ring (bicyclic) bond motifs is 1. The third-order valence-electron chi connectivity index (χ3n) is 4.16. The molecule has 1 aromatic heterocycles. The van der Waals surface area contributed by atoms with Crippen LogP contribution in [0.3, 0.4) is 0 Å². The average molecular weight is 383 g/mol. The summed E-state index contributed by atoms with van der Waals surface area (Å²) in [6.07, 6.45) is 16.3. The van der Waals surface area contributed by atoms with Gasteiger partial charge in [-0.15, -0.1) is 0 Å². The van der Waals surface area contributed by atoms with E-state index in [4.69, 9.17) is 4.98 Å². The number of para-hydroxylation sites is 1. The summed E-state index contributed by atoms with van der Waals surface area (Å²) < 4.78 is 0. The van der Waals surface area contributed by atoms with E-state index in [0.29, 0.717) is 6.42 Å². The fourth-order valence-electron chi connectivity index (χ4n) is 2.81. The quantitative estimate of drug-likeness (QED) is 0.722. The number of Topliss-reactive ketones (excluding diaryl/α,β-unsaturated/α-hetero) is 1. The Morgan fingerprint density at radius 2 is 1.58 bits per heavy atom. The zero-order valence-electron chi connectivity index (χ0n) is 14.9. The van der Waals surface area contributed by atoms with Crippen molar-refractivity contribution in [1.29, 1.82) is 0 Å². The smallest absolute Gasteiger partial charge is 0.299 e. The van der Waals surface area contributed by atoms with Gasteiger partial charge < -0.3 is 0 Å². The number of carbonyl (C=O) groups excluding carboxylic acids is 1. The van der Waals surface area contributed by atoms with Gasteiger partial charge in [-0.1, -0.05) is 25.1 Å². The fraction of sp³-hybridized carbons (Fsp3) is 0.130. The minimum atomic E-state index is 0. The molecule has 0 bridgehead atoms. The fourth-order valence-corrected chi connectivity index (χ4v) is 2.81. The molecule has 1 heterocycles. The summed E-state index contributed by atoms with van der Waals surface area (Å²) in [5.41, 5.74) is 3.37. The summed E-state index contributed by atoms with van der Waals surface area (Å²) >= 11 is 0. The first kappa shape index (κ1) is 21.1. The van der Waals surface area contributed by atoms with Gasteiger partial charge in [0.1, 0.15) is 5.78 Å². The molecule has 26 heavy (non-hydrogen) atoms. The minimum Gasteiger partial charge on any atom is -0.299 e. The van der Waals surface area contributed by atoms with Crippen LogP contribution in [0.4, 0.5) is 0 Å². The predicted octanol–water partition coefficient (Wildman–Crippen LogP) is 4.66. The van der Waals surface area contributed by atoms with Crippen molar-refractivity contribution in [2.75, 3.05) is 0 Å². The largest absolute Gasteiger partial charge is 2.00 e. The Morgan fingerprint density at radius 1 is 0.962 bits per heavy atom. The number of hydrogen-bond donors (Lipinski definition) is 0. The van der Waals surface area contributed by atoms with Gasteiger partial charge in [-0.25, -0.2) is 0 Å². The van der Waals surface area contributed by atoms with Crippen molar-refractivity contribution < 1.29 is 21.9 Å². The molecular weight excluding hydrogens is 362 g/mol. The SMILES string of the molecule is CCC(=O)[C]1[CH][CH][CH][CH]1.Cc1cc2ccccc2nc1[C]1[CH][CH][CH][CH]1.[Fe+2]. The van der Waals surface area contributed by atoms with Crippen LogP contribution < -0.4 is 0 Å².